The minimum Gasteiger partial charge on any atom is -0.324 e. The van der Waals surface area contributed by atoms with Gasteiger partial charge in [0.05, 0.1) is 0 Å². The van der Waals surface area contributed by atoms with Gasteiger partial charge in [-0.2, -0.15) is 0 Å². The van der Waals surface area contributed by atoms with E-state index in [1.54, 1.807) is 0 Å². The highest BCUT2D eigenvalue weighted by Gasteiger charge is 2.38. The zero-order valence-corrected chi connectivity index (χ0v) is 8.46. The summed E-state index contributed by atoms with van der Waals surface area (Å²) in [7, 11) is 0. The first-order valence-electron chi connectivity index (χ1n) is 4.69. The Morgan fingerprint density at radius 1 is 1.38 bits per heavy atom. The summed E-state index contributed by atoms with van der Waals surface area (Å²) in [4.78, 5) is 0. The molecule has 1 fully saturated rings. The number of nitrogens with two attached hydrogens (primary N) is 1. The predicted octanol–water partition coefficient (Wildman–Crippen LogP) is 3.00. The fourth-order valence-electron chi connectivity index (χ4n) is 1.78. The Bertz CT molecular complexity index is 293. The predicted molar refractivity (Wildman–Crippen MR) is 55.7 cm³/mol. The Morgan fingerprint density at radius 2 is 1.92 bits per heavy atom. The van der Waals surface area contributed by atoms with Crippen LogP contribution in [0.2, 0.25) is 5.02 Å². The molecule has 1 saturated carbocycles. The summed E-state index contributed by atoms with van der Waals surface area (Å²) >= 11 is 5.80. The van der Waals surface area contributed by atoms with Crippen LogP contribution in [0.5, 0.6) is 0 Å². The first-order chi connectivity index (χ1) is 6.18. The normalized spacial score (nSPS) is 28.5. The summed E-state index contributed by atoms with van der Waals surface area (Å²) < 4.78 is 0. The van der Waals surface area contributed by atoms with E-state index in [1.807, 2.05) is 24.3 Å². The molecule has 2 N–H and O–H groups in total. The maximum atomic E-state index is 6.10. The van der Waals surface area contributed by atoms with Crippen molar-refractivity contribution in [2.75, 3.05) is 0 Å². The molecule has 2 heteroatoms. The Balaban J connectivity index is 2.12. The van der Waals surface area contributed by atoms with Gasteiger partial charge in [-0.3, -0.25) is 0 Å². The van der Waals surface area contributed by atoms with Crippen LogP contribution in [-0.2, 0) is 0 Å². The van der Waals surface area contributed by atoms with Gasteiger partial charge in [0.25, 0.3) is 0 Å². The van der Waals surface area contributed by atoms with E-state index in [2.05, 4.69) is 6.92 Å². The number of hydrogen-bond acceptors (Lipinski definition) is 1. The third-order valence-corrected chi connectivity index (χ3v) is 3.14. The van der Waals surface area contributed by atoms with Crippen LogP contribution in [-0.4, -0.2) is 0 Å². The van der Waals surface area contributed by atoms with Crippen molar-refractivity contribution in [3.8, 4) is 0 Å². The average molecular weight is 196 g/mol. The van der Waals surface area contributed by atoms with Crippen molar-refractivity contribution in [1.29, 1.82) is 0 Å². The van der Waals surface area contributed by atoms with Crippen LogP contribution in [0.25, 0.3) is 0 Å². The van der Waals surface area contributed by atoms with Crippen molar-refractivity contribution in [3.05, 3.63) is 34.9 Å². The molecule has 3 atom stereocenters. The minimum atomic E-state index is 0.201. The lowest BCUT2D eigenvalue weighted by Gasteiger charge is -2.10. The molecule has 0 amide bonds. The molecule has 0 heterocycles. The van der Waals surface area contributed by atoms with E-state index in [-0.39, 0.29) is 6.04 Å². The van der Waals surface area contributed by atoms with Gasteiger partial charge in [0.15, 0.2) is 0 Å². The second kappa shape index (κ2) is 3.32. The second-order valence-electron chi connectivity index (χ2n) is 3.95. The van der Waals surface area contributed by atoms with Gasteiger partial charge >= 0.3 is 0 Å². The molecule has 0 bridgehead atoms. The van der Waals surface area contributed by atoms with Crippen LogP contribution < -0.4 is 5.73 Å². The Hall–Kier alpha value is -0.530. The van der Waals surface area contributed by atoms with Crippen LogP contribution in [0.1, 0.15) is 24.9 Å². The van der Waals surface area contributed by atoms with E-state index in [0.29, 0.717) is 5.92 Å². The fraction of sp³-hybridized carbons (Fsp3) is 0.455. The van der Waals surface area contributed by atoms with Crippen LogP contribution in [0, 0.1) is 11.8 Å². The summed E-state index contributed by atoms with van der Waals surface area (Å²) in [5.41, 5.74) is 7.30. The molecule has 1 aromatic carbocycles. The van der Waals surface area contributed by atoms with Crippen LogP contribution in [0.3, 0.4) is 0 Å². The highest BCUT2D eigenvalue weighted by atomic mass is 35.5. The van der Waals surface area contributed by atoms with Crippen molar-refractivity contribution in [2.45, 2.75) is 19.4 Å². The van der Waals surface area contributed by atoms with Gasteiger partial charge in [-0.15, -0.1) is 0 Å². The zero-order chi connectivity index (χ0) is 9.42. The molecule has 0 spiro atoms. The molecule has 1 aliphatic rings. The summed E-state index contributed by atoms with van der Waals surface area (Å²) in [6.07, 6.45) is 1.27. The third-order valence-electron chi connectivity index (χ3n) is 2.89. The van der Waals surface area contributed by atoms with Gasteiger partial charge in [0.2, 0.25) is 0 Å². The summed E-state index contributed by atoms with van der Waals surface area (Å²) in [5.74, 6) is 1.48. The maximum Gasteiger partial charge on any atom is 0.0406 e. The minimum absolute atomic E-state index is 0.201. The molecule has 0 saturated heterocycles. The van der Waals surface area contributed by atoms with E-state index >= 15 is 0 Å². The molecular formula is C11H14ClN. The maximum absolute atomic E-state index is 6.10. The lowest BCUT2D eigenvalue weighted by Crippen LogP contribution is -2.13. The SMILES string of the molecule is C[C@@H]1C[C@@H]1[C@H](N)c1ccc(Cl)cc1. The molecule has 1 aromatic rings. The quantitative estimate of drug-likeness (QED) is 0.772. The van der Waals surface area contributed by atoms with Gasteiger partial charge < -0.3 is 5.73 Å². The van der Waals surface area contributed by atoms with Gasteiger partial charge in [-0.1, -0.05) is 30.7 Å². The molecule has 0 aromatic heterocycles. The van der Waals surface area contributed by atoms with Crippen molar-refractivity contribution in [1.82, 2.24) is 0 Å². The number of halogens is 1. The summed E-state index contributed by atoms with van der Waals surface area (Å²) in [6, 6.07) is 8.07. The van der Waals surface area contributed by atoms with Crippen LogP contribution >= 0.6 is 11.6 Å². The fourth-order valence-corrected chi connectivity index (χ4v) is 1.91. The Labute approximate surface area is 83.9 Å². The zero-order valence-electron chi connectivity index (χ0n) is 7.70. The number of benzene rings is 1. The topological polar surface area (TPSA) is 26.0 Å². The molecular weight excluding hydrogens is 182 g/mol. The molecule has 0 aliphatic heterocycles. The largest absolute Gasteiger partial charge is 0.324 e. The highest BCUT2D eigenvalue weighted by molar-refractivity contribution is 6.30. The van der Waals surface area contributed by atoms with E-state index < -0.39 is 0 Å². The van der Waals surface area contributed by atoms with Gasteiger partial charge in [0, 0.05) is 11.1 Å². The van der Waals surface area contributed by atoms with Crippen molar-refractivity contribution in [3.63, 3.8) is 0 Å². The molecule has 70 valence electrons. The lowest BCUT2D eigenvalue weighted by molar-refractivity contribution is 0.593. The number of rotatable bonds is 2. The van der Waals surface area contributed by atoms with Gasteiger partial charge in [-0.25, -0.2) is 0 Å². The number of hydrogen-bond donors (Lipinski definition) is 1. The molecule has 0 unspecified atom stereocenters. The van der Waals surface area contributed by atoms with Crippen LogP contribution in [0.15, 0.2) is 24.3 Å². The van der Waals surface area contributed by atoms with Crippen molar-refractivity contribution >= 4 is 11.6 Å². The smallest absolute Gasteiger partial charge is 0.0406 e. The van der Waals surface area contributed by atoms with E-state index in [1.165, 1.54) is 12.0 Å². The third kappa shape index (κ3) is 1.87. The van der Waals surface area contributed by atoms with Crippen molar-refractivity contribution < 1.29 is 0 Å². The first kappa shape index (κ1) is 9.04. The van der Waals surface area contributed by atoms with E-state index in [9.17, 15) is 0 Å². The molecule has 13 heavy (non-hydrogen) atoms. The van der Waals surface area contributed by atoms with E-state index in [0.717, 1.165) is 10.9 Å². The molecule has 1 aliphatic carbocycles. The van der Waals surface area contributed by atoms with Gasteiger partial charge in [0.1, 0.15) is 0 Å². The van der Waals surface area contributed by atoms with Gasteiger partial charge in [-0.05, 0) is 36.0 Å². The van der Waals surface area contributed by atoms with Crippen molar-refractivity contribution in [2.24, 2.45) is 17.6 Å². The molecule has 2 rings (SSSR count). The molecule has 0 radical (unpaired) electrons. The standard InChI is InChI=1S/C11H14ClN/c1-7-6-10(7)11(13)8-2-4-9(12)5-3-8/h2-5,7,10-11H,6,13H2,1H3/t7-,10+,11-/m1/s1. The monoisotopic (exact) mass is 195 g/mol. The average Bonchev–Trinajstić information content (AvgIpc) is 2.83. The Kier molecular flexibility index (Phi) is 2.31. The summed E-state index contributed by atoms with van der Waals surface area (Å²) in [5, 5.41) is 0.778. The lowest BCUT2D eigenvalue weighted by atomic mass is 10.0. The van der Waals surface area contributed by atoms with Crippen LogP contribution in [0.4, 0.5) is 0 Å². The second-order valence-corrected chi connectivity index (χ2v) is 4.39. The van der Waals surface area contributed by atoms with E-state index in [4.69, 9.17) is 17.3 Å². The Morgan fingerprint density at radius 3 is 2.38 bits per heavy atom. The first-order valence-corrected chi connectivity index (χ1v) is 5.07. The highest BCUT2D eigenvalue weighted by Crippen LogP contribution is 2.45. The molecule has 1 nitrogen and oxygen atoms in total. The summed E-state index contributed by atoms with van der Waals surface area (Å²) in [6.45, 7) is 2.25.